The number of aromatic nitrogens is 1. The van der Waals surface area contributed by atoms with Gasteiger partial charge in [-0.2, -0.15) is 0 Å². The molecule has 0 bridgehead atoms. The molecule has 16 heavy (non-hydrogen) atoms. The molecule has 2 heterocycles. The van der Waals surface area contributed by atoms with E-state index in [1.807, 2.05) is 13.0 Å². The molecule has 0 aliphatic heterocycles. The first-order chi connectivity index (χ1) is 7.58. The highest BCUT2D eigenvalue weighted by Crippen LogP contribution is 2.31. The molecular formula is C11H8ClNO2S. The molecule has 1 N–H and O–H groups in total. The lowest BCUT2D eigenvalue weighted by atomic mass is 10.1. The second kappa shape index (κ2) is 4.23. The van der Waals surface area contributed by atoms with Crippen molar-refractivity contribution >= 4 is 28.9 Å². The molecular weight excluding hydrogens is 246 g/mol. The summed E-state index contributed by atoms with van der Waals surface area (Å²) in [6.45, 7) is 1.84. The van der Waals surface area contributed by atoms with Crippen LogP contribution in [0.3, 0.4) is 0 Å². The minimum absolute atomic E-state index is 0.198. The molecule has 5 heteroatoms. The number of carboxylic acids is 1. The maximum Gasteiger partial charge on any atom is 0.337 e. The molecule has 0 aromatic carbocycles. The van der Waals surface area contributed by atoms with Gasteiger partial charge in [0.2, 0.25) is 0 Å². The summed E-state index contributed by atoms with van der Waals surface area (Å²) in [6.07, 6.45) is 1.36. The smallest absolute Gasteiger partial charge is 0.337 e. The van der Waals surface area contributed by atoms with Crippen molar-refractivity contribution in [2.24, 2.45) is 0 Å². The van der Waals surface area contributed by atoms with E-state index in [-0.39, 0.29) is 5.56 Å². The first kappa shape index (κ1) is 11.1. The van der Waals surface area contributed by atoms with Crippen LogP contribution in [-0.2, 0) is 0 Å². The summed E-state index contributed by atoms with van der Waals surface area (Å²) in [5.74, 6) is -0.966. The molecule has 0 saturated heterocycles. The lowest BCUT2D eigenvalue weighted by Gasteiger charge is -2.02. The normalized spacial score (nSPS) is 10.4. The molecule has 0 aliphatic carbocycles. The zero-order valence-corrected chi connectivity index (χ0v) is 9.97. The molecule has 2 aromatic rings. The van der Waals surface area contributed by atoms with Crippen LogP contribution >= 0.6 is 22.9 Å². The second-order valence-electron chi connectivity index (χ2n) is 3.30. The number of hydrogen-bond acceptors (Lipinski definition) is 3. The summed E-state index contributed by atoms with van der Waals surface area (Å²) in [5, 5.41) is 8.82. The lowest BCUT2D eigenvalue weighted by molar-refractivity contribution is 0.0696. The van der Waals surface area contributed by atoms with Crippen LogP contribution < -0.4 is 0 Å². The third kappa shape index (κ3) is 2.08. The van der Waals surface area contributed by atoms with Crippen LogP contribution in [0.1, 0.15) is 15.9 Å². The van der Waals surface area contributed by atoms with Crippen LogP contribution in [0, 0.1) is 6.92 Å². The molecule has 0 radical (unpaired) electrons. The Morgan fingerprint density at radius 3 is 2.75 bits per heavy atom. The number of hydrogen-bond donors (Lipinski definition) is 1. The number of carboxylic acid groups (broad SMARTS) is 1. The monoisotopic (exact) mass is 253 g/mol. The van der Waals surface area contributed by atoms with E-state index in [9.17, 15) is 4.79 Å². The van der Waals surface area contributed by atoms with Gasteiger partial charge < -0.3 is 5.11 Å². The second-order valence-corrected chi connectivity index (χ2v) is 5.01. The Kier molecular flexibility index (Phi) is 2.94. The number of aryl methyl sites for hydroxylation is 1. The van der Waals surface area contributed by atoms with Crippen molar-refractivity contribution in [2.75, 3.05) is 0 Å². The third-order valence-corrected chi connectivity index (χ3v) is 3.37. The van der Waals surface area contributed by atoms with Gasteiger partial charge in [0, 0.05) is 6.20 Å². The molecule has 3 nitrogen and oxygen atoms in total. The van der Waals surface area contributed by atoms with Crippen molar-refractivity contribution in [3.63, 3.8) is 0 Å². The molecule has 0 aliphatic rings. The van der Waals surface area contributed by atoms with Crippen LogP contribution in [0.2, 0.25) is 4.34 Å². The number of thiophene rings is 1. The lowest BCUT2D eigenvalue weighted by Crippen LogP contribution is -1.99. The summed E-state index contributed by atoms with van der Waals surface area (Å²) in [6, 6.07) is 5.29. The van der Waals surface area contributed by atoms with Crippen LogP contribution in [0.4, 0.5) is 0 Å². The van der Waals surface area contributed by atoms with E-state index in [1.165, 1.54) is 17.5 Å². The highest BCUT2D eigenvalue weighted by Gasteiger charge is 2.10. The molecule has 0 spiro atoms. The Labute approximate surface area is 101 Å². The molecule has 2 aromatic heterocycles. The number of rotatable bonds is 2. The maximum atomic E-state index is 10.7. The SMILES string of the molecule is Cc1cc(C(=O)O)cnc1-c1ccc(Cl)s1. The van der Waals surface area contributed by atoms with Crippen LogP contribution in [0.15, 0.2) is 24.4 Å². The summed E-state index contributed by atoms with van der Waals surface area (Å²) in [5.41, 5.74) is 1.81. The average molecular weight is 254 g/mol. The Bertz CT molecular complexity index is 551. The largest absolute Gasteiger partial charge is 0.478 e. The molecule has 0 fully saturated rings. The molecule has 0 atom stereocenters. The van der Waals surface area contributed by atoms with Crippen LogP contribution in [0.25, 0.3) is 10.6 Å². The fourth-order valence-electron chi connectivity index (χ4n) is 1.39. The van der Waals surface area contributed by atoms with E-state index in [2.05, 4.69) is 4.98 Å². The van der Waals surface area contributed by atoms with Crippen LogP contribution in [0.5, 0.6) is 0 Å². The summed E-state index contributed by atoms with van der Waals surface area (Å²) in [4.78, 5) is 15.8. The first-order valence-corrected chi connectivity index (χ1v) is 5.73. The summed E-state index contributed by atoms with van der Waals surface area (Å²) >= 11 is 7.27. The molecule has 0 amide bonds. The average Bonchev–Trinajstić information content (AvgIpc) is 2.64. The Morgan fingerprint density at radius 1 is 1.50 bits per heavy atom. The third-order valence-electron chi connectivity index (χ3n) is 2.13. The minimum atomic E-state index is -0.966. The van der Waals surface area contributed by atoms with Crippen molar-refractivity contribution in [3.05, 3.63) is 39.9 Å². The van der Waals surface area contributed by atoms with E-state index >= 15 is 0 Å². The fourth-order valence-corrected chi connectivity index (χ4v) is 2.50. The zero-order chi connectivity index (χ0) is 11.7. The zero-order valence-electron chi connectivity index (χ0n) is 8.40. The highest BCUT2D eigenvalue weighted by molar-refractivity contribution is 7.19. The predicted molar refractivity (Wildman–Crippen MR) is 64.3 cm³/mol. The van der Waals surface area contributed by atoms with Gasteiger partial charge in [-0.25, -0.2) is 4.79 Å². The summed E-state index contributed by atoms with van der Waals surface area (Å²) < 4.78 is 0.693. The van der Waals surface area contributed by atoms with Gasteiger partial charge in [-0.3, -0.25) is 4.98 Å². The van der Waals surface area contributed by atoms with Gasteiger partial charge in [0.25, 0.3) is 0 Å². The molecule has 0 unspecified atom stereocenters. The van der Waals surface area contributed by atoms with Gasteiger partial charge in [-0.15, -0.1) is 11.3 Å². The number of halogens is 1. The van der Waals surface area contributed by atoms with Gasteiger partial charge in [-0.1, -0.05) is 11.6 Å². The highest BCUT2D eigenvalue weighted by atomic mass is 35.5. The van der Waals surface area contributed by atoms with Gasteiger partial charge in [0.15, 0.2) is 0 Å². The fraction of sp³-hybridized carbons (Fsp3) is 0.0909. The van der Waals surface area contributed by atoms with E-state index in [0.717, 1.165) is 16.1 Å². The van der Waals surface area contributed by atoms with Gasteiger partial charge in [0.05, 0.1) is 20.5 Å². The number of carbonyl (C=O) groups is 1. The van der Waals surface area contributed by atoms with Gasteiger partial charge in [-0.05, 0) is 30.7 Å². The van der Waals surface area contributed by atoms with E-state index in [4.69, 9.17) is 16.7 Å². The van der Waals surface area contributed by atoms with Crippen molar-refractivity contribution < 1.29 is 9.90 Å². The number of aromatic carboxylic acids is 1. The van der Waals surface area contributed by atoms with Gasteiger partial charge >= 0.3 is 5.97 Å². The Hall–Kier alpha value is -1.39. The number of nitrogens with zero attached hydrogens (tertiary/aromatic N) is 1. The predicted octanol–water partition coefficient (Wildman–Crippen LogP) is 3.47. The summed E-state index contributed by atoms with van der Waals surface area (Å²) in [7, 11) is 0. The van der Waals surface area contributed by atoms with Crippen molar-refractivity contribution in [1.29, 1.82) is 0 Å². The van der Waals surface area contributed by atoms with Crippen molar-refractivity contribution in [2.45, 2.75) is 6.92 Å². The van der Waals surface area contributed by atoms with Gasteiger partial charge in [0.1, 0.15) is 0 Å². The quantitative estimate of drug-likeness (QED) is 0.892. The first-order valence-electron chi connectivity index (χ1n) is 4.53. The van der Waals surface area contributed by atoms with E-state index in [0.29, 0.717) is 4.34 Å². The number of pyridine rings is 1. The Balaban J connectivity index is 2.47. The maximum absolute atomic E-state index is 10.7. The standard InChI is InChI=1S/C11H8ClNO2S/c1-6-4-7(11(14)15)5-13-10(6)8-2-3-9(12)16-8/h2-5H,1H3,(H,14,15). The molecule has 2 rings (SSSR count). The Morgan fingerprint density at radius 2 is 2.25 bits per heavy atom. The molecule has 0 saturated carbocycles. The molecule has 82 valence electrons. The van der Waals surface area contributed by atoms with E-state index in [1.54, 1.807) is 12.1 Å². The topological polar surface area (TPSA) is 50.2 Å². The van der Waals surface area contributed by atoms with Crippen molar-refractivity contribution in [1.82, 2.24) is 4.98 Å². The van der Waals surface area contributed by atoms with Crippen LogP contribution in [-0.4, -0.2) is 16.1 Å². The van der Waals surface area contributed by atoms with Crippen molar-refractivity contribution in [3.8, 4) is 10.6 Å². The van der Waals surface area contributed by atoms with E-state index < -0.39 is 5.97 Å². The minimum Gasteiger partial charge on any atom is -0.478 e.